The van der Waals surface area contributed by atoms with Gasteiger partial charge in [-0.1, -0.05) is 36.4 Å². The van der Waals surface area contributed by atoms with E-state index in [9.17, 15) is 5.11 Å². The first-order valence-corrected chi connectivity index (χ1v) is 6.67. The zero-order valence-corrected chi connectivity index (χ0v) is 11.5. The molecule has 2 rings (SSSR count). The van der Waals surface area contributed by atoms with Crippen LogP contribution in [0.15, 0.2) is 36.4 Å². The van der Waals surface area contributed by atoms with Gasteiger partial charge in [0.05, 0.1) is 12.7 Å². The van der Waals surface area contributed by atoms with E-state index in [0.717, 1.165) is 22.1 Å². The van der Waals surface area contributed by atoms with Gasteiger partial charge in [0.25, 0.3) is 0 Å². The Kier molecular flexibility index (Phi) is 4.40. The predicted molar refractivity (Wildman–Crippen MR) is 78.3 cm³/mol. The van der Waals surface area contributed by atoms with Crippen LogP contribution in [0, 0.1) is 0 Å². The smallest absolute Gasteiger partial charge is 0.131 e. The Morgan fingerprint density at radius 3 is 2.58 bits per heavy atom. The third kappa shape index (κ3) is 3.25. The highest BCUT2D eigenvalue weighted by Crippen LogP contribution is 2.33. The van der Waals surface area contributed by atoms with Crippen molar-refractivity contribution in [3.05, 3.63) is 42.0 Å². The molecular weight excluding hydrogens is 238 g/mol. The minimum absolute atomic E-state index is 0.0776. The van der Waals surface area contributed by atoms with Gasteiger partial charge in [-0.05, 0) is 19.2 Å². The maximum absolute atomic E-state index is 9.32. The monoisotopic (exact) mass is 259 g/mol. The van der Waals surface area contributed by atoms with Gasteiger partial charge in [0.1, 0.15) is 5.75 Å². The number of ether oxygens (including phenoxy) is 1. The molecule has 0 spiro atoms. The van der Waals surface area contributed by atoms with Crippen LogP contribution in [-0.2, 0) is 0 Å². The van der Waals surface area contributed by atoms with Gasteiger partial charge in [0, 0.05) is 23.4 Å². The molecule has 0 bridgehead atoms. The van der Waals surface area contributed by atoms with Crippen LogP contribution in [0.3, 0.4) is 0 Å². The summed E-state index contributed by atoms with van der Waals surface area (Å²) in [6, 6.07) is 12.1. The fourth-order valence-corrected chi connectivity index (χ4v) is 2.11. The van der Waals surface area contributed by atoms with E-state index in [-0.39, 0.29) is 12.1 Å². The molecule has 102 valence electrons. The molecule has 0 aliphatic rings. The van der Waals surface area contributed by atoms with Gasteiger partial charge in [-0.15, -0.1) is 0 Å². The molecule has 0 aliphatic carbocycles. The summed E-state index contributed by atoms with van der Waals surface area (Å²) >= 11 is 0. The summed E-state index contributed by atoms with van der Waals surface area (Å²) in [5, 5.41) is 11.5. The van der Waals surface area contributed by atoms with Gasteiger partial charge < -0.3 is 15.6 Å². The van der Waals surface area contributed by atoms with E-state index >= 15 is 0 Å². The molecule has 0 radical (unpaired) electrons. The molecule has 0 aromatic heterocycles. The van der Waals surface area contributed by atoms with Crippen molar-refractivity contribution in [2.75, 3.05) is 6.61 Å². The molecule has 2 aromatic carbocycles. The van der Waals surface area contributed by atoms with Crippen LogP contribution in [-0.4, -0.2) is 17.8 Å². The number of aliphatic hydroxyl groups is 1. The second-order valence-electron chi connectivity index (χ2n) is 4.98. The molecule has 3 N–H and O–H groups in total. The second kappa shape index (κ2) is 6.04. The molecule has 1 unspecified atom stereocenters. The van der Waals surface area contributed by atoms with Gasteiger partial charge in [0.15, 0.2) is 0 Å². The molecule has 3 heteroatoms. The molecule has 3 nitrogen and oxygen atoms in total. The minimum atomic E-state index is -0.353. The normalized spacial score (nSPS) is 14.3. The fraction of sp³-hybridized carbons (Fsp3) is 0.375. The van der Waals surface area contributed by atoms with Crippen molar-refractivity contribution in [1.82, 2.24) is 0 Å². The van der Waals surface area contributed by atoms with Crippen molar-refractivity contribution < 1.29 is 9.84 Å². The first kappa shape index (κ1) is 13.8. The lowest BCUT2D eigenvalue weighted by atomic mass is 10.0. The lowest BCUT2D eigenvalue weighted by Gasteiger charge is -2.17. The van der Waals surface area contributed by atoms with Crippen LogP contribution in [0.25, 0.3) is 10.8 Å². The summed E-state index contributed by atoms with van der Waals surface area (Å²) in [6.45, 7) is 4.20. The predicted octanol–water partition coefficient (Wildman–Crippen LogP) is 3.01. The molecule has 19 heavy (non-hydrogen) atoms. The zero-order valence-electron chi connectivity index (χ0n) is 11.5. The highest BCUT2D eigenvalue weighted by atomic mass is 16.5. The van der Waals surface area contributed by atoms with Crippen LogP contribution in [0.4, 0.5) is 0 Å². The van der Waals surface area contributed by atoms with Crippen molar-refractivity contribution >= 4 is 10.8 Å². The fourth-order valence-electron chi connectivity index (χ4n) is 2.11. The summed E-state index contributed by atoms with van der Waals surface area (Å²) in [7, 11) is 0. The van der Waals surface area contributed by atoms with E-state index in [0.29, 0.717) is 13.0 Å². The van der Waals surface area contributed by atoms with E-state index in [2.05, 4.69) is 12.1 Å². The van der Waals surface area contributed by atoms with Gasteiger partial charge in [-0.25, -0.2) is 0 Å². The van der Waals surface area contributed by atoms with Crippen LogP contribution in [0.2, 0.25) is 0 Å². The molecule has 0 saturated carbocycles. The van der Waals surface area contributed by atoms with Crippen LogP contribution in [0.5, 0.6) is 5.75 Å². The Balaban J connectivity index is 2.38. The average Bonchev–Trinajstić information content (AvgIpc) is 2.38. The number of rotatable bonds is 5. The highest BCUT2D eigenvalue weighted by Gasteiger charge is 2.12. The minimum Gasteiger partial charge on any atom is -0.492 e. The van der Waals surface area contributed by atoms with E-state index in [1.54, 1.807) is 6.92 Å². The van der Waals surface area contributed by atoms with Crippen molar-refractivity contribution in [1.29, 1.82) is 0 Å². The lowest BCUT2D eigenvalue weighted by Crippen LogP contribution is -2.11. The Bertz CT molecular complexity index is 549. The molecule has 0 amide bonds. The number of aliphatic hydroxyl groups excluding tert-OH is 1. The standard InChI is InChI=1S/C16H21NO2/c1-11(18)9-10-19-16-14(12(2)17)8-7-13-5-3-4-6-15(13)16/h3-8,11-12,18H,9-10,17H2,1-2H3/t11?,12-/m1/s1. The van der Waals surface area contributed by atoms with Gasteiger partial charge in [-0.2, -0.15) is 0 Å². The first-order valence-electron chi connectivity index (χ1n) is 6.67. The third-order valence-corrected chi connectivity index (χ3v) is 3.18. The summed E-state index contributed by atoms with van der Waals surface area (Å²) in [4.78, 5) is 0. The number of fused-ring (bicyclic) bond motifs is 1. The van der Waals surface area contributed by atoms with Crippen LogP contribution in [0.1, 0.15) is 31.9 Å². The molecule has 0 saturated heterocycles. The Hall–Kier alpha value is -1.58. The van der Waals surface area contributed by atoms with Gasteiger partial charge in [-0.3, -0.25) is 0 Å². The number of benzene rings is 2. The maximum Gasteiger partial charge on any atom is 0.131 e. The van der Waals surface area contributed by atoms with E-state index < -0.39 is 0 Å². The summed E-state index contributed by atoms with van der Waals surface area (Å²) in [5.41, 5.74) is 7.01. The molecule has 2 aromatic rings. The Labute approximate surface area is 114 Å². The summed E-state index contributed by atoms with van der Waals surface area (Å²) in [6.07, 6.45) is 0.260. The lowest BCUT2D eigenvalue weighted by molar-refractivity contribution is 0.155. The maximum atomic E-state index is 9.32. The largest absolute Gasteiger partial charge is 0.492 e. The molecule has 2 atom stereocenters. The average molecular weight is 259 g/mol. The second-order valence-corrected chi connectivity index (χ2v) is 4.98. The van der Waals surface area contributed by atoms with Crippen molar-refractivity contribution in [3.8, 4) is 5.75 Å². The molecule has 0 fully saturated rings. The van der Waals surface area contributed by atoms with Gasteiger partial charge in [0.2, 0.25) is 0 Å². The first-order chi connectivity index (χ1) is 9.09. The van der Waals surface area contributed by atoms with Crippen LogP contribution < -0.4 is 10.5 Å². The van der Waals surface area contributed by atoms with E-state index in [1.165, 1.54) is 0 Å². The molecule has 0 heterocycles. The summed E-state index contributed by atoms with van der Waals surface area (Å²) < 4.78 is 5.88. The number of nitrogens with two attached hydrogens (primary N) is 1. The molecular formula is C16H21NO2. The zero-order chi connectivity index (χ0) is 13.8. The van der Waals surface area contributed by atoms with Gasteiger partial charge >= 0.3 is 0 Å². The Morgan fingerprint density at radius 1 is 1.16 bits per heavy atom. The van der Waals surface area contributed by atoms with E-state index in [1.807, 2.05) is 31.2 Å². The number of hydrogen-bond acceptors (Lipinski definition) is 3. The highest BCUT2D eigenvalue weighted by molar-refractivity contribution is 5.89. The molecule has 0 aliphatic heterocycles. The topological polar surface area (TPSA) is 55.5 Å². The van der Waals surface area contributed by atoms with Crippen LogP contribution >= 0.6 is 0 Å². The van der Waals surface area contributed by atoms with Crippen molar-refractivity contribution in [3.63, 3.8) is 0 Å². The van der Waals surface area contributed by atoms with Crippen molar-refractivity contribution in [2.24, 2.45) is 5.73 Å². The summed E-state index contributed by atoms with van der Waals surface area (Å²) in [5.74, 6) is 0.841. The number of hydrogen-bond donors (Lipinski definition) is 2. The van der Waals surface area contributed by atoms with Crippen molar-refractivity contribution in [2.45, 2.75) is 32.4 Å². The quantitative estimate of drug-likeness (QED) is 0.867. The SMILES string of the molecule is CC(O)CCOc1c([C@@H](C)N)ccc2ccccc12. The third-order valence-electron chi connectivity index (χ3n) is 3.18. The Morgan fingerprint density at radius 2 is 1.89 bits per heavy atom. The van der Waals surface area contributed by atoms with E-state index in [4.69, 9.17) is 10.5 Å².